The Kier molecular flexibility index (Phi) is 7.63. The number of nitrogens with zero attached hydrogens (tertiary/aromatic N) is 1. The fraction of sp³-hybridized carbons (Fsp3) is 0.647. The van der Waals surface area contributed by atoms with Crippen LogP contribution in [-0.2, 0) is 0 Å². The molecule has 0 aliphatic heterocycles. The number of benzene rings is 1. The Morgan fingerprint density at radius 2 is 1.90 bits per heavy atom. The quantitative estimate of drug-likeness (QED) is 0.703. The van der Waals surface area contributed by atoms with Crippen LogP contribution in [0.1, 0.15) is 31.9 Å². The minimum Gasteiger partial charge on any atom is -0.489 e. The first-order chi connectivity index (χ1) is 9.56. The van der Waals surface area contributed by atoms with Gasteiger partial charge in [0.25, 0.3) is 0 Å². The van der Waals surface area contributed by atoms with E-state index in [-0.39, 0.29) is 6.10 Å². The summed E-state index contributed by atoms with van der Waals surface area (Å²) in [5.41, 5.74) is 2.44. The molecule has 0 aromatic heterocycles. The van der Waals surface area contributed by atoms with Crippen LogP contribution in [-0.4, -0.2) is 43.7 Å². The Labute approximate surface area is 124 Å². The van der Waals surface area contributed by atoms with Gasteiger partial charge in [0.15, 0.2) is 0 Å². The van der Waals surface area contributed by atoms with Gasteiger partial charge in [0.1, 0.15) is 11.9 Å². The van der Waals surface area contributed by atoms with Gasteiger partial charge in [-0.15, -0.1) is 0 Å². The van der Waals surface area contributed by atoms with E-state index in [1.165, 1.54) is 11.1 Å². The van der Waals surface area contributed by atoms with Gasteiger partial charge in [0.2, 0.25) is 0 Å². The molecular weight excluding hydrogens is 248 g/mol. The molecule has 3 heteroatoms. The SMILES string of the molecule is CCN(CC)CCNC[C@@H](C)Oc1cc(C)ccc1C. The van der Waals surface area contributed by atoms with Gasteiger partial charge in [-0.1, -0.05) is 26.0 Å². The standard InChI is InChI=1S/C17H30N2O/c1-6-19(7-2)11-10-18-13-16(5)20-17-12-14(3)8-9-15(17)4/h8-9,12,16,18H,6-7,10-11,13H2,1-5H3/t16-/m1/s1. The van der Waals surface area contributed by atoms with Gasteiger partial charge in [-0.3, -0.25) is 0 Å². The van der Waals surface area contributed by atoms with Crippen LogP contribution in [0.25, 0.3) is 0 Å². The van der Waals surface area contributed by atoms with Crippen molar-refractivity contribution in [3.05, 3.63) is 29.3 Å². The van der Waals surface area contributed by atoms with Crippen molar-refractivity contribution < 1.29 is 4.74 Å². The lowest BCUT2D eigenvalue weighted by Gasteiger charge is -2.20. The Morgan fingerprint density at radius 3 is 2.55 bits per heavy atom. The lowest BCUT2D eigenvalue weighted by atomic mass is 10.1. The number of hydrogen-bond acceptors (Lipinski definition) is 3. The zero-order valence-corrected chi connectivity index (χ0v) is 13.7. The zero-order valence-electron chi connectivity index (χ0n) is 13.7. The number of ether oxygens (including phenoxy) is 1. The van der Waals surface area contributed by atoms with Crippen molar-refractivity contribution in [1.82, 2.24) is 10.2 Å². The Morgan fingerprint density at radius 1 is 1.20 bits per heavy atom. The third kappa shape index (κ3) is 5.93. The zero-order chi connectivity index (χ0) is 15.0. The van der Waals surface area contributed by atoms with Gasteiger partial charge in [-0.25, -0.2) is 0 Å². The second-order valence-corrected chi connectivity index (χ2v) is 5.43. The molecule has 0 heterocycles. The van der Waals surface area contributed by atoms with Crippen molar-refractivity contribution in [2.45, 2.75) is 40.7 Å². The second-order valence-electron chi connectivity index (χ2n) is 5.43. The Bertz CT molecular complexity index is 389. The lowest BCUT2D eigenvalue weighted by molar-refractivity contribution is 0.211. The van der Waals surface area contributed by atoms with Crippen molar-refractivity contribution in [2.24, 2.45) is 0 Å². The van der Waals surface area contributed by atoms with Crippen LogP contribution < -0.4 is 10.1 Å². The maximum atomic E-state index is 6.01. The van der Waals surface area contributed by atoms with Crippen LogP contribution >= 0.6 is 0 Å². The van der Waals surface area contributed by atoms with E-state index in [0.29, 0.717) is 0 Å². The molecule has 20 heavy (non-hydrogen) atoms. The van der Waals surface area contributed by atoms with E-state index >= 15 is 0 Å². The molecule has 1 rings (SSSR count). The van der Waals surface area contributed by atoms with Gasteiger partial charge < -0.3 is 15.0 Å². The Balaban J connectivity index is 2.29. The Hall–Kier alpha value is -1.06. The molecule has 0 bridgehead atoms. The van der Waals surface area contributed by atoms with Gasteiger partial charge in [-0.05, 0) is 51.1 Å². The highest BCUT2D eigenvalue weighted by molar-refractivity contribution is 5.36. The summed E-state index contributed by atoms with van der Waals surface area (Å²) >= 11 is 0. The third-order valence-electron chi connectivity index (χ3n) is 3.60. The van der Waals surface area contributed by atoms with Crippen molar-refractivity contribution >= 4 is 0 Å². The molecule has 0 saturated carbocycles. The summed E-state index contributed by atoms with van der Waals surface area (Å²) in [7, 11) is 0. The topological polar surface area (TPSA) is 24.5 Å². The molecule has 0 aliphatic carbocycles. The van der Waals surface area contributed by atoms with Crippen LogP contribution in [0.2, 0.25) is 0 Å². The highest BCUT2D eigenvalue weighted by Gasteiger charge is 2.06. The summed E-state index contributed by atoms with van der Waals surface area (Å²) in [5, 5.41) is 3.47. The van der Waals surface area contributed by atoms with Crippen molar-refractivity contribution in [3.8, 4) is 5.75 Å². The van der Waals surface area contributed by atoms with Gasteiger partial charge in [0, 0.05) is 19.6 Å². The summed E-state index contributed by atoms with van der Waals surface area (Å²) in [5.74, 6) is 1.00. The van der Waals surface area contributed by atoms with Gasteiger partial charge >= 0.3 is 0 Å². The highest BCUT2D eigenvalue weighted by atomic mass is 16.5. The normalized spacial score (nSPS) is 12.7. The predicted molar refractivity (Wildman–Crippen MR) is 86.7 cm³/mol. The summed E-state index contributed by atoms with van der Waals surface area (Å²) in [6.07, 6.45) is 0.187. The molecule has 3 nitrogen and oxygen atoms in total. The second kappa shape index (κ2) is 8.98. The minimum atomic E-state index is 0.187. The van der Waals surface area contributed by atoms with E-state index in [9.17, 15) is 0 Å². The van der Waals surface area contributed by atoms with E-state index in [1.54, 1.807) is 0 Å². The molecule has 0 aliphatic rings. The molecule has 0 radical (unpaired) electrons. The summed E-state index contributed by atoms with van der Waals surface area (Å²) in [6, 6.07) is 6.35. The summed E-state index contributed by atoms with van der Waals surface area (Å²) in [4.78, 5) is 2.42. The molecule has 0 spiro atoms. The summed E-state index contributed by atoms with van der Waals surface area (Å²) in [6.45, 7) is 16.0. The van der Waals surface area contributed by atoms with E-state index in [4.69, 9.17) is 4.74 Å². The maximum Gasteiger partial charge on any atom is 0.122 e. The lowest BCUT2D eigenvalue weighted by Crippen LogP contribution is -2.36. The molecular formula is C17H30N2O. The average Bonchev–Trinajstić information content (AvgIpc) is 2.43. The van der Waals surface area contributed by atoms with E-state index < -0.39 is 0 Å². The van der Waals surface area contributed by atoms with Crippen LogP contribution in [0.5, 0.6) is 5.75 Å². The molecule has 1 N–H and O–H groups in total. The number of aryl methyl sites for hydroxylation is 2. The smallest absolute Gasteiger partial charge is 0.122 e. The monoisotopic (exact) mass is 278 g/mol. The molecule has 0 amide bonds. The molecule has 1 atom stereocenters. The fourth-order valence-electron chi connectivity index (χ4n) is 2.18. The molecule has 0 fully saturated rings. The first-order valence-electron chi connectivity index (χ1n) is 7.73. The number of hydrogen-bond donors (Lipinski definition) is 1. The minimum absolute atomic E-state index is 0.187. The van der Waals surface area contributed by atoms with Crippen molar-refractivity contribution in [3.63, 3.8) is 0 Å². The number of rotatable bonds is 9. The van der Waals surface area contributed by atoms with Crippen LogP contribution in [0.3, 0.4) is 0 Å². The maximum absolute atomic E-state index is 6.01. The van der Waals surface area contributed by atoms with Crippen molar-refractivity contribution in [1.29, 1.82) is 0 Å². The average molecular weight is 278 g/mol. The molecule has 114 valence electrons. The fourth-order valence-corrected chi connectivity index (χ4v) is 2.18. The van der Waals surface area contributed by atoms with Crippen molar-refractivity contribution in [2.75, 3.05) is 32.7 Å². The molecule has 1 aromatic rings. The third-order valence-corrected chi connectivity index (χ3v) is 3.60. The largest absolute Gasteiger partial charge is 0.489 e. The first kappa shape index (κ1) is 17.0. The molecule has 0 saturated heterocycles. The molecule has 1 aromatic carbocycles. The van der Waals surface area contributed by atoms with Crippen LogP contribution in [0.15, 0.2) is 18.2 Å². The predicted octanol–water partition coefficient (Wildman–Crippen LogP) is 3.00. The van der Waals surface area contributed by atoms with Gasteiger partial charge in [-0.2, -0.15) is 0 Å². The molecule has 0 unspecified atom stereocenters. The van der Waals surface area contributed by atoms with Crippen LogP contribution in [0.4, 0.5) is 0 Å². The van der Waals surface area contributed by atoms with E-state index in [0.717, 1.165) is 38.5 Å². The van der Waals surface area contributed by atoms with E-state index in [2.05, 4.69) is 63.0 Å². The first-order valence-corrected chi connectivity index (χ1v) is 7.73. The highest BCUT2D eigenvalue weighted by Crippen LogP contribution is 2.20. The number of nitrogens with one attached hydrogen (secondary N) is 1. The summed E-state index contributed by atoms with van der Waals surface area (Å²) < 4.78 is 6.01. The van der Waals surface area contributed by atoms with Gasteiger partial charge in [0.05, 0.1) is 0 Å². The number of likely N-dealkylation sites (N-methyl/N-ethyl adjacent to an activating group) is 1. The van der Waals surface area contributed by atoms with Crippen LogP contribution in [0, 0.1) is 13.8 Å². The van der Waals surface area contributed by atoms with E-state index in [1.807, 2.05) is 0 Å².